The Balaban J connectivity index is 2.46. The van der Waals surface area contributed by atoms with Crippen LogP contribution in [0.3, 0.4) is 0 Å². The Morgan fingerprint density at radius 3 is 2.69 bits per heavy atom. The largest absolute Gasteiger partial charge is 0.387 e. The second kappa shape index (κ2) is 4.43. The smallest absolute Gasteiger partial charge is 0.0905 e. The first kappa shape index (κ1) is 11.0. The Bertz CT molecular complexity index is 154. The van der Waals surface area contributed by atoms with Crippen LogP contribution in [-0.4, -0.2) is 23.9 Å². The monoisotopic (exact) mass is 186 g/mol. The van der Waals surface area contributed by atoms with Crippen LogP contribution in [-0.2, 0) is 4.74 Å². The molecule has 0 aliphatic heterocycles. The summed E-state index contributed by atoms with van der Waals surface area (Å²) in [6.45, 7) is 7.58. The van der Waals surface area contributed by atoms with Crippen LogP contribution in [0.15, 0.2) is 0 Å². The first-order chi connectivity index (χ1) is 6.08. The molecule has 0 aromatic heterocycles. The molecule has 13 heavy (non-hydrogen) atoms. The first-order valence-electron chi connectivity index (χ1n) is 5.38. The molecule has 2 heteroatoms. The maximum atomic E-state index is 10.3. The highest BCUT2D eigenvalue weighted by molar-refractivity contribution is 4.89. The summed E-state index contributed by atoms with van der Waals surface area (Å²) in [7, 11) is 0. The van der Waals surface area contributed by atoms with Crippen molar-refractivity contribution in [2.75, 3.05) is 13.2 Å². The fourth-order valence-electron chi connectivity index (χ4n) is 2.18. The Labute approximate surface area is 81.3 Å². The van der Waals surface area contributed by atoms with E-state index in [0.29, 0.717) is 19.1 Å². The number of hydrogen-bond acceptors (Lipinski definition) is 2. The minimum Gasteiger partial charge on any atom is -0.387 e. The highest BCUT2D eigenvalue weighted by Gasteiger charge is 2.38. The summed E-state index contributed by atoms with van der Waals surface area (Å²) in [6.07, 6.45) is 3.16. The molecule has 1 aliphatic carbocycles. The highest BCUT2D eigenvalue weighted by atomic mass is 16.5. The van der Waals surface area contributed by atoms with Crippen LogP contribution in [0.5, 0.6) is 0 Å². The van der Waals surface area contributed by atoms with Gasteiger partial charge in [-0.15, -0.1) is 0 Å². The summed E-state index contributed by atoms with van der Waals surface area (Å²) >= 11 is 0. The number of hydrogen-bond donors (Lipinski definition) is 1. The molecular formula is C11H22O2. The summed E-state index contributed by atoms with van der Waals surface area (Å²) in [5.41, 5.74) is -0.553. The van der Waals surface area contributed by atoms with Crippen LogP contribution in [0.2, 0.25) is 0 Å². The molecule has 3 unspecified atom stereocenters. The standard InChI is InChI=1S/C11H22O2/c1-4-13-8-11(12)6-5-9(2)7-10(11)3/h9-10,12H,4-8H2,1-3H3. The van der Waals surface area contributed by atoms with E-state index in [0.717, 1.165) is 25.2 Å². The zero-order chi connectivity index (χ0) is 9.90. The molecule has 0 heterocycles. The third-order valence-corrected chi connectivity index (χ3v) is 3.30. The normalized spacial score (nSPS) is 40.6. The zero-order valence-corrected chi connectivity index (χ0v) is 9.05. The van der Waals surface area contributed by atoms with Crippen LogP contribution < -0.4 is 0 Å². The minimum atomic E-state index is -0.553. The predicted octanol–water partition coefficient (Wildman–Crippen LogP) is 2.21. The maximum Gasteiger partial charge on any atom is 0.0905 e. The van der Waals surface area contributed by atoms with Crippen molar-refractivity contribution in [3.05, 3.63) is 0 Å². The van der Waals surface area contributed by atoms with E-state index in [1.807, 2.05) is 6.92 Å². The van der Waals surface area contributed by atoms with E-state index in [1.54, 1.807) is 0 Å². The fraction of sp³-hybridized carbons (Fsp3) is 1.00. The van der Waals surface area contributed by atoms with Crippen LogP contribution in [0.4, 0.5) is 0 Å². The Hall–Kier alpha value is -0.0800. The summed E-state index contributed by atoms with van der Waals surface area (Å²) in [5.74, 6) is 1.14. The van der Waals surface area contributed by atoms with Crippen LogP contribution in [0.1, 0.15) is 40.0 Å². The van der Waals surface area contributed by atoms with Gasteiger partial charge in [-0.2, -0.15) is 0 Å². The van der Waals surface area contributed by atoms with Crippen molar-refractivity contribution in [2.45, 2.75) is 45.6 Å². The van der Waals surface area contributed by atoms with E-state index in [4.69, 9.17) is 4.74 Å². The lowest BCUT2D eigenvalue weighted by atomic mass is 9.73. The Morgan fingerprint density at radius 1 is 1.46 bits per heavy atom. The molecule has 1 rings (SSSR count). The molecule has 1 aliphatic rings. The molecule has 2 nitrogen and oxygen atoms in total. The number of aliphatic hydroxyl groups is 1. The van der Waals surface area contributed by atoms with Crippen molar-refractivity contribution in [1.82, 2.24) is 0 Å². The van der Waals surface area contributed by atoms with E-state index in [9.17, 15) is 5.11 Å². The van der Waals surface area contributed by atoms with Gasteiger partial charge in [0.2, 0.25) is 0 Å². The lowest BCUT2D eigenvalue weighted by molar-refractivity contribution is -0.106. The van der Waals surface area contributed by atoms with Gasteiger partial charge in [0.05, 0.1) is 12.2 Å². The van der Waals surface area contributed by atoms with E-state index < -0.39 is 5.60 Å². The molecular weight excluding hydrogens is 164 g/mol. The van der Waals surface area contributed by atoms with Crippen molar-refractivity contribution >= 4 is 0 Å². The molecule has 0 aromatic carbocycles. The fourth-order valence-corrected chi connectivity index (χ4v) is 2.18. The molecule has 0 radical (unpaired) electrons. The van der Waals surface area contributed by atoms with Crippen molar-refractivity contribution < 1.29 is 9.84 Å². The summed E-state index contributed by atoms with van der Waals surface area (Å²) in [4.78, 5) is 0. The SMILES string of the molecule is CCOCC1(O)CCC(C)CC1C. The lowest BCUT2D eigenvalue weighted by Crippen LogP contribution is -2.45. The number of ether oxygens (including phenoxy) is 1. The van der Waals surface area contributed by atoms with Gasteiger partial charge in [0.15, 0.2) is 0 Å². The van der Waals surface area contributed by atoms with Gasteiger partial charge in [0, 0.05) is 6.61 Å². The average Bonchev–Trinajstić information content (AvgIpc) is 2.09. The van der Waals surface area contributed by atoms with Gasteiger partial charge in [-0.3, -0.25) is 0 Å². The van der Waals surface area contributed by atoms with Gasteiger partial charge in [0.25, 0.3) is 0 Å². The van der Waals surface area contributed by atoms with E-state index in [-0.39, 0.29) is 0 Å². The summed E-state index contributed by atoms with van der Waals surface area (Å²) < 4.78 is 5.33. The molecule has 0 spiro atoms. The molecule has 0 aromatic rings. The molecule has 0 amide bonds. The second-order valence-electron chi connectivity index (χ2n) is 4.52. The molecule has 1 saturated carbocycles. The van der Waals surface area contributed by atoms with Crippen LogP contribution >= 0.6 is 0 Å². The molecule has 78 valence electrons. The molecule has 0 bridgehead atoms. The number of rotatable bonds is 3. The van der Waals surface area contributed by atoms with Gasteiger partial charge in [0.1, 0.15) is 0 Å². The van der Waals surface area contributed by atoms with Gasteiger partial charge >= 0.3 is 0 Å². The van der Waals surface area contributed by atoms with E-state index in [2.05, 4.69) is 13.8 Å². The summed E-state index contributed by atoms with van der Waals surface area (Å²) in [6, 6.07) is 0. The van der Waals surface area contributed by atoms with Gasteiger partial charge in [-0.05, 0) is 38.0 Å². The molecule has 1 N–H and O–H groups in total. The van der Waals surface area contributed by atoms with Gasteiger partial charge in [-0.1, -0.05) is 13.8 Å². The van der Waals surface area contributed by atoms with Crippen molar-refractivity contribution in [2.24, 2.45) is 11.8 Å². The van der Waals surface area contributed by atoms with Crippen LogP contribution in [0, 0.1) is 11.8 Å². The lowest BCUT2D eigenvalue weighted by Gasteiger charge is -2.40. The Morgan fingerprint density at radius 2 is 2.15 bits per heavy atom. The average molecular weight is 186 g/mol. The molecule has 3 atom stereocenters. The predicted molar refractivity (Wildman–Crippen MR) is 53.6 cm³/mol. The van der Waals surface area contributed by atoms with E-state index >= 15 is 0 Å². The highest BCUT2D eigenvalue weighted by Crippen LogP contribution is 2.36. The van der Waals surface area contributed by atoms with Gasteiger partial charge in [-0.25, -0.2) is 0 Å². The van der Waals surface area contributed by atoms with Gasteiger partial charge < -0.3 is 9.84 Å². The third kappa shape index (κ3) is 2.68. The van der Waals surface area contributed by atoms with Crippen LogP contribution in [0.25, 0.3) is 0 Å². The second-order valence-corrected chi connectivity index (χ2v) is 4.52. The van der Waals surface area contributed by atoms with Crippen molar-refractivity contribution in [1.29, 1.82) is 0 Å². The molecule has 0 saturated heterocycles. The maximum absolute atomic E-state index is 10.3. The first-order valence-corrected chi connectivity index (χ1v) is 5.38. The van der Waals surface area contributed by atoms with Crippen molar-refractivity contribution in [3.63, 3.8) is 0 Å². The zero-order valence-electron chi connectivity index (χ0n) is 9.05. The topological polar surface area (TPSA) is 29.5 Å². The third-order valence-electron chi connectivity index (χ3n) is 3.30. The minimum absolute atomic E-state index is 0.378. The quantitative estimate of drug-likeness (QED) is 0.732. The Kier molecular flexibility index (Phi) is 3.74. The summed E-state index contributed by atoms with van der Waals surface area (Å²) in [5, 5.41) is 10.3. The van der Waals surface area contributed by atoms with Crippen molar-refractivity contribution in [3.8, 4) is 0 Å². The van der Waals surface area contributed by atoms with E-state index in [1.165, 1.54) is 0 Å². The molecule has 1 fully saturated rings.